The van der Waals surface area contributed by atoms with E-state index in [0.717, 1.165) is 49.3 Å². The van der Waals surface area contributed by atoms with Gasteiger partial charge in [-0.25, -0.2) is 9.80 Å². The summed E-state index contributed by atoms with van der Waals surface area (Å²) in [5.74, 6) is -1.73. The van der Waals surface area contributed by atoms with E-state index in [1.807, 2.05) is 85.0 Å². The van der Waals surface area contributed by atoms with Gasteiger partial charge in [-0.2, -0.15) is 0 Å². The number of hydrogen-bond donors (Lipinski definition) is 0. The van der Waals surface area contributed by atoms with Gasteiger partial charge in [-0.15, -0.1) is 0 Å². The number of carbonyl (C=O) groups excluding carboxylic acids is 4. The van der Waals surface area contributed by atoms with E-state index in [0.29, 0.717) is 44.4 Å². The highest BCUT2D eigenvalue weighted by Gasteiger charge is 2.37. The van der Waals surface area contributed by atoms with Crippen LogP contribution >= 0.6 is 0 Å². The molecule has 0 fully saturated rings. The molecule has 9 rings (SSSR count). The fourth-order valence-corrected chi connectivity index (χ4v) is 7.31. The molecular formula is C43H26N2O4. The van der Waals surface area contributed by atoms with Gasteiger partial charge >= 0.3 is 0 Å². The van der Waals surface area contributed by atoms with Crippen molar-refractivity contribution in [3.8, 4) is 11.1 Å². The molecule has 0 N–H and O–H groups in total. The number of anilines is 2. The Balaban J connectivity index is 1.07. The number of amides is 4. The zero-order valence-electron chi connectivity index (χ0n) is 26.1. The normalized spacial score (nSPS) is 15.3. The number of carbonyl (C=O) groups is 4. The van der Waals surface area contributed by atoms with Crippen molar-refractivity contribution in [3.63, 3.8) is 0 Å². The van der Waals surface area contributed by atoms with E-state index in [1.165, 1.54) is 0 Å². The summed E-state index contributed by atoms with van der Waals surface area (Å²) in [5, 5.41) is 2.96. The highest BCUT2D eigenvalue weighted by Crippen LogP contribution is 2.40. The van der Waals surface area contributed by atoms with Crippen LogP contribution in [0, 0.1) is 0 Å². The van der Waals surface area contributed by atoms with Crippen molar-refractivity contribution in [1.29, 1.82) is 0 Å². The van der Waals surface area contributed by atoms with Crippen molar-refractivity contribution < 1.29 is 19.2 Å². The lowest BCUT2D eigenvalue weighted by Crippen LogP contribution is -2.41. The van der Waals surface area contributed by atoms with E-state index in [1.54, 1.807) is 48.5 Å². The van der Waals surface area contributed by atoms with E-state index < -0.39 is 23.6 Å². The van der Waals surface area contributed by atoms with Gasteiger partial charge in [0.2, 0.25) is 0 Å². The Morgan fingerprint density at radius 2 is 0.918 bits per heavy atom. The maximum Gasteiger partial charge on any atom is 0.265 e. The lowest BCUT2D eigenvalue weighted by Gasteiger charge is -2.30. The van der Waals surface area contributed by atoms with Crippen LogP contribution in [0.4, 0.5) is 11.4 Å². The summed E-state index contributed by atoms with van der Waals surface area (Å²) in [5.41, 5.74) is 6.38. The van der Waals surface area contributed by atoms with Gasteiger partial charge in [-0.1, -0.05) is 97.1 Å². The van der Waals surface area contributed by atoms with Crippen molar-refractivity contribution in [3.05, 3.63) is 173 Å². The Hall–Kier alpha value is -6.66. The Kier molecular flexibility index (Phi) is 6.39. The maximum absolute atomic E-state index is 14.0. The zero-order valence-corrected chi connectivity index (χ0v) is 26.1. The third-order valence-corrected chi connectivity index (χ3v) is 9.57. The molecule has 2 heterocycles. The molecule has 6 heteroatoms. The van der Waals surface area contributed by atoms with Gasteiger partial charge in [0.05, 0.1) is 11.4 Å². The average Bonchev–Trinajstić information content (AvgIpc) is 3.43. The molecule has 0 radical (unpaired) electrons. The SMILES string of the molecule is O=C1c2cccc3c(C4=CCC=CC=C4)ccc(c23)C(=O)N1c1ccc(N2C(=O)c3cccc4c(-c5ccccc5)ccc(c34)C2=O)cc1. The van der Waals surface area contributed by atoms with E-state index in [9.17, 15) is 19.2 Å². The second-order valence-corrected chi connectivity index (χ2v) is 12.2. The number of nitrogens with zero attached hydrogens (tertiary/aromatic N) is 2. The monoisotopic (exact) mass is 634 g/mol. The third kappa shape index (κ3) is 4.27. The summed E-state index contributed by atoms with van der Waals surface area (Å²) >= 11 is 0. The summed E-state index contributed by atoms with van der Waals surface area (Å²) in [4.78, 5) is 58.1. The smallest absolute Gasteiger partial charge is 0.265 e. The first-order valence-electron chi connectivity index (χ1n) is 16.1. The Morgan fingerprint density at radius 1 is 0.429 bits per heavy atom. The molecule has 0 spiro atoms. The predicted octanol–water partition coefficient (Wildman–Crippen LogP) is 9.16. The number of benzene rings is 6. The molecule has 0 bridgehead atoms. The molecule has 2 aliphatic heterocycles. The van der Waals surface area contributed by atoms with Crippen LogP contribution in [-0.4, -0.2) is 23.6 Å². The standard InChI is InChI=1S/C43H26N2O4/c46-40-34-16-8-14-32-30(26-10-4-1-2-5-11-26)22-24-36(38(32)34)42(48)44(40)28-18-20-29(21-19-28)45-41(47)35-17-9-15-33-31(27-12-6-3-7-13-27)23-25-37(39(33)35)43(45)49/h1-4,6-25H,5H2. The largest absolute Gasteiger partial charge is 0.268 e. The van der Waals surface area contributed by atoms with Crippen LogP contribution in [0.1, 0.15) is 53.4 Å². The van der Waals surface area contributed by atoms with Crippen LogP contribution in [0.3, 0.4) is 0 Å². The summed E-state index contributed by atoms with van der Waals surface area (Å²) in [6.45, 7) is 0. The number of rotatable bonds is 4. The minimum absolute atomic E-state index is 0.344. The molecule has 0 atom stereocenters. The Labute approximate surface area is 281 Å². The van der Waals surface area contributed by atoms with E-state index in [-0.39, 0.29) is 0 Å². The second kappa shape index (κ2) is 11.0. The molecule has 6 nitrogen and oxygen atoms in total. The van der Waals surface area contributed by atoms with Crippen molar-refractivity contribution in [2.75, 3.05) is 9.80 Å². The number of imide groups is 2. The van der Waals surface area contributed by atoms with Gasteiger partial charge in [-0.3, -0.25) is 19.2 Å². The van der Waals surface area contributed by atoms with Crippen LogP contribution in [0.2, 0.25) is 0 Å². The quantitative estimate of drug-likeness (QED) is 0.181. The lowest BCUT2D eigenvalue weighted by molar-refractivity contribution is 0.0876. The van der Waals surface area contributed by atoms with Crippen molar-refractivity contribution in [1.82, 2.24) is 0 Å². The molecule has 0 saturated heterocycles. The highest BCUT2D eigenvalue weighted by molar-refractivity contribution is 6.38. The number of allylic oxidation sites excluding steroid dienone is 6. The molecular weight excluding hydrogens is 608 g/mol. The average molecular weight is 635 g/mol. The zero-order chi connectivity index (χ0) is 33.2. The molecule has 6 aromatic carbocycles. The first-order chi connectivity index (χ1) is 24.0. The molecule has 0 unspecified atom stereocenters. The molecule has 0 aromatic heterocycles. The topological polar surface area (TPSA) is 74.8 Å². The van der Waals surface area contributed by atoms with Gasteiger partial charge in [0.15, 0.2) is 0 Å². The van der Waals surface area contributed by atoms with E-state index >= 15 is 0 Å². The summed E-state index contributed by atoms with van der Waals surface area (Å²) < 4.78 is 0. The van der Waals surface area contributed by atoms with Gasteiger partial charge in [0.1, 0.15) is 0 Å². The fraction of sp³-hybridized carbons (Fsp3) is 0.0233. The van der Waals surface area contributed by atoms with Crippen LogP contribution < -0.4 is 9.80 Å². The molecule has 1 aliphatic carbocycles. The van der Waals surface area contributed by atoms with Crippen LogP contribution in [0.5, 0.6) is 0 Å². The van der Waals surface area contributed by atoms with Gasteiger partial charge < -0.3 is 0 Å². The van der Waals surface area contributed by atoms with Crippen molar-refractivity contribution in [2.24, 2.45) is 0 Å². The van der Waals surface area contributed by atoms with Crippen molar-refractivity contribution >= 4 is 62.1 Å². The molecule has 3 aliphatic rings. The molecule has 0 saturated carbocycles. The van der Waals surface area contributed by atoms with Gasteiger partial charge in [0, 0.05) is 33.0 Å². The minimum atomic E-state index is -0.433. The van der Waals surface area contributed by atoms with Gasteiger partial charge in [0.25, 0.3) is 23.6 Å². The van der Waals surface area contributed by atoms with E-state index in [4.69, 9.17) is 0 Å². The Morgan fingerprint density at radius 3 is 1.49 bits per heavy atom. The maximum atomic E-state index is 14.0. The first kappa shape index (κ1) is 28.6. The summed E-state index contributed by atoms with van der Waals surface area (Å²) in [6.07, 6.45) is 11.0. The summed E-state index contributed by atoms with van der Waals surface area (Å²) in [7, 11) is 0. The fourth-order valence-electron chi connectivity index (χ4n) is 7.31. The lowest BCUT2D eigenvalue weighted by atomic mass is 9.88. The minimum Gasteiger partial charge on any atom is -0.268 e. The van der Waals surface area contributed by atoms with E-state index in [2.05, 4.69) is 12.2 Å². The molecule has 232 valence electrons. The Bertz CT molecular complexity index is 2500. The van der Waals surface area contributed by atoms with Crippen molar-refractivity contribution in [2.45, 2.75) is 6.42 Å². The highest BCUT2D eigenvalue weighted by atomic mass is 16.2. The van der Waals surface area contributed by atoms with Crippen LogP contribution in [0.15, 0.2) is 146 Å². The molecule has 49 heavy (non-hydrogen) atoms. The number of hydrogen-bond acceptors (Lipinski definition) is 4. The third-order valence-electron chi connectivity index (χ3n) is 9.57. The predicted molar refractivity (Wildman–Crippen MR) is 193 cm³/mol. The molecule has 4 amide bonds. The first-order valence-corrected chi connectivity index (χ1v) is 16.1. The summed E-state index contributed by atoms with van der Waals surface area (Å²) in [6, 6.07) is 34.8. The van der Waals surface area contributed by atoms with Crippen LogP contribution in [0.25, 0.3) is 38.2 Å². The van der Waals surface area contributed by atoms with Gasteiger partial charge in [-0.05, 0) is 88.0 Å². The van der Waals surface area contributed by atoms with Crippen LogP contribution in [-0.2, 0) is 0 Å². The second-order valence-electron chi connectivity index (χ2n) is 12.2. The molecule has 6 aromatic rings.